The van der Waals surface area contributed by atoms with Gasteiger partial charge >= 0.3 is 0 Å². The van der Waals surface area contributed by atoms with E-state index >= 15 is 0 Å². The van der Waals surface area contributed by atoms with Crippen LogP contribution in [0.25, 0.3) is 10.8 Å². The molecule has 0 radical (unpaired) electrons. The van der Waals surface area contributed by atoms with Crippen LogP contribution in [0.1, 0.15) is 42.3 Å². The summed E-state index contributed by atoms with van der Waals surface area (Å²) in [4.78, 5) is 11.6. The smallest absolute Gasteiger partial charge is 0.154 e. The molecule has 27 heavy (non-hydrogen) atoms. The SMILES string of the molecule is Cc1ccc(C(C)(C)C)c(OCCOc2ccc3ccccc3c2C=O)c1. The maximum absolute atomic E-state index is 11.6. The molecule has 0 saturated carbocycles. The van der Waals surface area contributed by atoms with Gasteiger partial charge in [-0.3, -0.25) is 4.79 Å². The molecule has 0 amide bonds. The topological polar surface area (TPSA) is 35.5 Å². The lowest BCUT2D eigenvalue weighted by atomic mass is 9.86. The standard InChI is InChI=1S/C24H26O3/c1-17-9-11-21(24(2,3)4)23(15-17)27-14-13-26-22-12-10-18-7-5-6-8-19(18)20(22)16-25/h5-12,15-16H,13-14H2,1-4H3. The minimum atomic E-state index is 0.00687. The Morgan fingerprint density at radius 1 is 0.889 bits per heavy atom. The third kappa shape index (κ3) is 4.30. The average Bonchev–Trinajstić information content (AvgIpc) is 2.63. The van der Waals surface area contributed by atoms with E-state index in [-0.39, 0.29) is 5.41 Å². The Morgan fingerprint density at radius 3 is 2.30 bits per heavy atom. The molecule has 0 aliphatic carbocycles. The van der Waals surface area contributed by atoms with Crippen molar-refractivity contribution in [3.63, 3.8) is 0 Å². The van der Waals surface area contributed by atoms with E-state index in [1.807, 2.05) is 36.4 Å². The molecule has 3 heteroatoms. The monoisotopic (exact) mass is 362 g/mol. The molecule has 0 bridgehead atoms. The van der Waals surface area contributed by atoms with Crippen molar-refractivity contribution in [3.8, 4) is 11.5 Å². The molecule has 0 aliphatic rings. The van der Waals surface area contributed by atoms with Gasteiger partial charge in [0.1, 0.15) is 24.7 Å². The zero-order valence-corrected chi connectivity index (χ0v) is 16.4. The summed E-state index contributed by atoms with van der Waals surface area (Å²) in [5.74, 6) is 1.48. The molecule has 0 spiro atoms. The summed E-state index contributed by atoms with van der Waals surface area (Å²) in [6, 6.07) is 17.9. The van der Waals surface area contributed by atoms with Gasteiger partial charge in [0.05, 0.1) is 5.56 Å². The molecule has 140 valence electrons. The van der Waals surface area contributed by atoms with Gasteiger partial charge in [0.2, 0.25) is 0 Å². The quantitative estimate of drug-likeness (QED) is 0.416. The molecular formula is C24H26O3. The fourth-order valence-corrected chi connectivity index (χ4v) is 3.19. The second-order valence-corrected chi connectivity index (χ2v) is 7.76. The molecule has 0 N–H and O–H groups in total. The van der Waals surface area contributed by atoms with Crippen LogP contribution in [-0.4, -0.2) is 19.5 Å². The molecule has 3 nitrogen and oxygen atoms in total. The molecule has 3 aromatic carbocycles. The van der Waals surface area contributed by atoms with E-state index in [2.05, 4.69) is 45.9 Å². The van der Waals surface area contributed by atoms with Crippen LogP contribution in [-0.2, 0) is 5.41 Å². The van der Waals surface area contributed by atoms with Gasteiger partial charge in [-0.15, -0.1) is 0 Å². The second kappa shape index (κ2) is 7.83. The Kier molecular flexibility index (Phi) is 5.50. The Hall–Kier alpha value is -2.81. The van der Waals surface area contributed by atoms with E-state index in [4.69, 9.17) is 9.47 Å². The van der Waals surface area contributed by atoms with E-state index in [0.717, 1.165) is 28.4 Å². The lowest BCUT2D eigenvalue weighted by Crippen LogP contribution is -2.16. The predicted octanol–water partition coefficient (Wildman–Crippen LogP) is 5.72. The van der Waals surface area contributed by atoms with Gasteiger partial charge in [0.25, 0.3) is 0 Å². The number of hydrogen-bond acceptors (Lipinski definition) is 3. The van der Waals surface area contributed by atoms with Crippen molar-refractivity contribution >= 4 is 17.1 Å². The average molecular weight is 362 g/mol. The molecule has 0 saturated heterocycles. The minimum absolute atomic E-state index is 0.00687. The number of carbonyl (C=O) groups excluding carboxylic acids is 1. The number of ether oxygens (including phenoxy) is 2. The molecular weight excluding hydrogens is 336 g/mol. The summed E-state index contributed by atoms with van der Waals surface area (Å²) in [6.07, 6.45) is 0.858. The Balaban J connectivity index is 1.71. The first-order chi connectivity index (χ1) is 12.9. The third-order valence-corrected chi connectivity index (χ3v) is 4.59. The first-order valence-electron chi connectivity index (χ1n) is 9.24. The van der Waals surface area contributed by atoms with E-state index in [9.17, 15) is 4.79 Å². The highest BCUT2D eigenvalue weighted by molar-refractivity contribution is 6.00. The van der Waals surface area contributed by atoms with Crippen LogP contribution in [0.3, 0.4) is 0 Å². The number of fused-ring (bicyclic) bond motifs is 1. The molecule has 0 heterocycles. The van der Waals surface area contributed by atoms with Crippen LogP contribution < -0.4 is 9.47 Å². The molecule has 0 atom stereocenters. The minimum Gasteiger partial charge on any atom is -0.490 e. The van der Waals surface area contributed by atoms with Crippen molar-refractivity contribution in [2.75, 3.05) is 13.2 Å². The van der Waals surface area contributed by atoms with Gasteiger partial charge in [0.15, 0.2) is 6.29 Å². The lowest BCUT2D eigenvalue weighted by Gasteiger charge is -2.23. The first kappa shape index (κ1) is 19.0. The highest BCUT2D eigenvalue weighted by Gasteiger charge is 2.19. The summed E-state index contributed by atoms with van der Waals surface area (Å²) in [6.45, 7) is 9.36. The van der Waals surface area contributed by atoms with Gasteiger partial charge in [-0.05, 0) is 46.4 Å². The summed E-state index contributed by atoms with van der Waals surface area (Å²) in [5, 5.41) is 1.93. The summed E-state index contributed by atoms with van der Waals surface area (Å²) in [5.41, 5.74) is 2.93. The van der Waals surface area contributed by atoms with Crippen molar-refractivity contribution in [2.45, 2.75) is 33.1 Å². The first-order valence-corrected chi connectivity index (χ1v) is 9.24. The van der Waals surface area contributed by atoms with Gasteiger partial charge < -0.3 is 9.47 Å². The van der Waals surface area contributed by atoms with E-state index < -0.39 is 0 Å². The highest BCUT2D eigenvalue weighted by atomic mass is 16.5. The number of aldehydes is 1. The molecule has 0 aromatic heterocycles. The zero-order valence-electron chi connectivity index (χ0n) is 16.4. The van der Waals surface area contributed by atoms with Crippen LogP contribution in [0.2, 0.25) is 0 Å². The van der Waals surface area contributed by atoms with Crippen molar-refractivity contribution < 1.29 is 14.3 Å². The number of aryl methyl sites for hydroxylation is 1. The summed E-state index contributed by atoms with van der Waals surface area (Å²) < 4.78 is 11.9. The second-order valence-electron chi connectivity index (χ2n) is 7.76. The van der Waals surface area contributed by atoms with Crippen LogP contribution >= 0.6 is 0 Å². The number of hydrogen-bond donors (Lipinski definition) is 0. The molecule has 3 aromatic rings. The predicted molar refractivity (Wildman–Crippen MR) is 110 cm³/mol. The molecule has 0 aliphatic heterocycles. The Bertz CT molecular complexity index is 951. The van der Waals surface area contributed by atoms with Crippen LogP contribution in [0, 0.1) is 6.92 Å². The van der Waals surface area contributed by atoms with E-state index in [1.54, 1.807) is 0 Å². The summed E-state index contributed by atoms with van der Waals surface area (Å²) >= 11 is 0. The number of carbonyl (C=O) groups is 1. The van der Waals surface area contributed by atoms with Gasteiger partial charge in [-0.25, -0.2) is 0 Å². The lowest BCUT2D eigenvalue weighted by molar-refractivity contribution is 0.111. The summed E-state index contributed by atoms with van der Waals surface area (Å²) in [7, 11) is 0. The fraction of sp³-hybridized carbons (Fsp3) is 0.292. The van der Waals surface area contributed by atoms with Crippen LogP contribution in [0.5, 0.6) is 11.5 Å². The van der Waals surface area contributed by atoms with Crippen molar-refractivity contribution in [2.24, 2.45) is 0 Å². The third-order valence-electron chi connectivity index (χ3n) is 4.59. The maximum Gasteiger partial charge on any atom is 0.154 e. The number of rotatable bonds is 6. The van der Waals surface area contributed by atoms with E-state index in [1.165, 1.54) is 5.56 Å². The molecule has 0 fully saturated rings. The van der Waals surface area contributed by atoms with Crippen molar-refractivity contribution in [1.29, 1.82) is 0 Å². The molecule has 0 unspecified atom stereocenters. The van der Waals surface area contributed by atoms with Gasteiger partial charge in [-0.1, -0.05) is 63.2 Å². The Labute approximate surface area is 160 Å². The van der Waals surface area contributed by atoms with Crippen LogP contribution in [0.4, 0.5) is 0 Å². The maximum atomic E-state index is 11.6. The highest BCUT2D eigenvalue weighted by Crippen LogP contribution is 2.32. The van der Waals surface area contributed by atoms with E-state index in [0.29, 0.717) is 24.5 Å². The normalized spacial score (nSPS) is 11.4. The van der Waals surface area contributed by atoms with Gasteiger partial charge in [-0.2, -0.15) is 0 Å². The Morgan fingerprint density at radius 2 is 1.59 bits per heavy atom. The van der Waals surface area contributed by atoms with Crippen molar-refractivity contribution in [3.05, 3.63) is 71.3 Å². The number of benzene rings is 3. The zero-order chi connectivity index (χ0) is 19.4. The van der Waals surface area contributed by atoms with Gasteiger partial charge in [0, 0.05) is 0 Å². The van der Waals surface area contributed by atoms with Crippen molar-refractivity contribution in [1.82, 2.24) is 0 Å². The fourth-order valence-electron chi connectivity index (χ4n) is 3.19. The largest absolute Gasteiger partial charge is 0.490 e. The molecule has 3 rings (SSSR count). The van der Waals surface area contributed by atoms with Crippen LogP contribution in [0.15, 0.2) is 54.6 Å².